The highest BCUT2D eigenvalue weighted by Gasteiger charge is 2.04. The molecule has 0 atom stereocenters. The van der Waals surface area contributed by atoms with Crippen molar-refractivity contribution in [2.75, 3.05) is 19.0 Å². The van der Waals surface area contributed by atoms with E-state index >= 15 is 0 Å². The van der Waals surface area contributed by atoms with Crippen molar-refractivity contribution in [2.24, 2.45) is 10.9 Å². The summed E-state index contributed by atoms with van der Waals surface area (Å²) in [7, 11) is 1.59. The number of methoxy groups -OCH3 is 1. The van der Waals surface area contributed by atoms with Crippen molar-refractivity contribution in [1.82, 2.24) is 0 Å². The zero-order chi connectivity index (χ0) is 16.7. The van der Waals surface area contributed by atoms with Crippen LogP contribution in [0.4, 0.5) is 5.69 Å². The summed E-state index contributed by atoms with van der Waals surface area (Å²) in [5.41, 5.74) is 7.18. The molecule has 3 N–H and O–H groups in total. The van der Waals surface area contributed by atoms with Crippen LogP contribution in [0, 0.1) is 3.57 Å². The quantitative estimate of drug-likeness (QED) is 0.323. The van der Waals surface area contributed by atoms with Crippen LogP contribution in [0.25, 0.3) is 0 Å². The average Bonchev–Trinajstić information content (AvgIpc) is 2.57. The first-order valence-corrected chi connectivity index (χ1v) is 7.81. The number of benzene rings is 2. The smallest absolute Gasteiger partial charge is 0.265 e. The normalized spacial score (nSPS) is 11.0. The van der Waals surface area contributed by atoms with E-state index < -0.39 is 0 Å². The largest absolute Gasteiger partial charge is 0.497 e. The minimum atomic E-state index is -0.308. The Morgan fingerprint density at radius 3 is 2.43 bits per heavy atom. The molecule has 0 saturated heterocycles. The van der Waals surface area contributed by atoms with Gasteiger partial charge in [0.05, 0.1) is 7.11 Å². The number of amides is 1. The van der Waals surface area contributed by atoms with E-state index in [4.69, 9.17) is 15.3 Å². The first-order valence-electron chi connectivity index (χ1n) is 6.74. The van der Waals surface area contributed by atoms with E-state index in [1.54, 1.807) is 31.4 Å². The number of hydrogen-bond acceptors (Lipinski definition) is 4. The first kappa shape index (κ1) is 17.1. The minimum absolute atomic E-state index is 0.190. The van der Waals surface area contributed by atoms with Crippen LogP contribution >= 0.6 is 22.6 Å². The van der Waals surface area contributed by atoms with Crippen molar-refractivity contribution in [3.8, 4) is 5.75 Å². The van der Waals surface area contributed by atoms with Gasteiger partial charge in [-0.1, -0.05) is 5.16 Å². The minimum Gasteiger partial charge on any atom is -0.497 e. The number of hydrogen-bond donors (Lipinski definition) is 2. The van der Waals surface area contributed by atoms with Crippen molar-refractivity contribution in [1.29, 1.82) is 0 Å². The molecule has 23 heavy (non-hydrogen) atoms. The highest BCUT2D eigenvalue weighted by atomic mass is 127. The number of nitrogens with two attached hydrogens (primary N) is 1. The summed E-state index contributed by atoms with van der Waals surface area (Å²) < 4.78 is 6.15. The van der Waals surface area contributed by atoms with Gasteiger partial charge < -0.3 is 20.6 Å². The molecule has 0 bridgehead atoms. The predicted molar refractivity (Wildman–Crippen MR) is 97.5 cm³/mol. The van der Waals surface area contributed by atoms with Gasteiger partial charge in [0.15, 0.2) is 12.4 Å². The van der Waals surface area contributed by atoms with Crippen LogP contribution in [0.3, 0.4) is 0 Å². The molecule has 0 heterocycles. The molecule has 0 saturated carbocycles. The molecule has 0 aliphatic rings. The highest BCUT2D eigenvalue weighted by molar-refractivity contribution is 14.1. The topological polar surface area (TPSA) is 85.9 Å². The monoisotopic (exact) mass is 425 g/mol. The van der Waals surface area contributed by atoms with Gasteiger partial charge in [-0.05, 0) is 71.1 Å². The number of rotatable bonds is 6. The molecule has 2 rings (SSSR count). The first-order chi connectivity index (χ1) is 11.1. The van der Waals surface area contributed by atoms with E-state index in [0.29, 0.717) is 11.3 Å². The van der Waals surface area contributed by atoms with Crippen LogP contribution in [0.2, 0.25) is 0 Å². The molecule has 0 radical (unpaired) electrons. The number of carbonyl (C=O) groups excluding carboxylic acids is 1. The summed E-state index contributed by atoms with van der Waals surface area (Å²) in [5, 5.41) is 6.44. The average molecular weight is 425 g/mol. The zero-order valence-corrected chi connectivity index (χ0v) is 14.6. The molecule has 6 nitrogen and oxygen atoms in total. The lowest BCUT2D eigenvalue weighted by atomic mass is 10.2. The van der Waals surface area contributed by atoms with Gasteiger partial charge in [-0.3, -0.25) is 4.79 Å². The number of oxime groups is 1. The van der Waals surface area contributed by atoms with Crippen LogP contribution in [-0.4, -0.2) is 25.5 Å². The second-order valence-electron chi connectivity index (χ2n) is 4.53. The van der Waals surface area contributed by atoms with E-state index in [0.717, 1.165) is 9.32 Å². The number of anilines is 1. The summed E-state index contributed by atoms with van der Waals surface area (Å²) in [4.78, 5) is 16.7. The predicted octanol–water partition coefficient (Wildman–Crippen LogP) is 2.58. The van der Waals surface area contributed by atoms with Crippen LogP contribution in [0.1, 0.15) is 5.56 Å². The fourth-order valence-corrected chi connectivity index (χ4v) is 2.06. The Balaban J connectivity index is 1.84. The summed E-state index contributed by atoms with van der Waals surface area (Å²) in [6, 6.07) is 14.5. The van der Waals surface area contributed by atoms with Crippen molar-refractivity contribution in [3.05, 3.63) is 57.7 Å². The molecule has 120 valence electrons. The summed E-state index contributed by atoms with van der Waals surface area (Å²) in [6.07, 6.45) is 0. The van der Waals surface area contributed by atoms with Gasteiger partial charge in [0.2, 0.25) is 0 Å². The molecule has 0 aliphatic heterocycles. The molecule has 0 unspecified atom stereocenters. The van der Waals surface area contributed by atoms with Gasteiger partial charge in [0.25, 0.3) is 5.91 Å². The third kappa shape index (κ3) is 5.44. The van der Waals surface area contributed by atoms with Crippen LogP contribution in [-0.2, 0) is 9.63 Å². The molecule has 2 aromatic carbocycles. The zero-order valence-electron chi connectivity index (χ0n) is 12.5. The lowest BCUT2D eigenvalue weighted by Gasteiger charge is -2.05. The van der Waals surface area contributed by atoms with Gasteiger partial charge in [-0.2, -0.15) is 0 Å². The van der Waals surface area contributed by atoms with Crippen molar-refractivity contribution in [3.63, 3.8) is 0 Å². The van der Waals surface area contributed by atoms with Gasteiger partial charge in [-0.15, -0.1) is 0 Å². The molecular formula is C16H16IN3O3. The van der Waals surface area contributed by atoms with Crippen molar-refractivity contribution < 1.29 is 14.4 Å². The third-order valence-electron chi connectivity index (χ3n) is 2.87. The maximum atomic E-state index is 11.7. The second kappa shape index (κ2) is 8.37. The molecule has 0 spiro atoms. The maximum Gasteiger partial charge on any atom is 0.265 e. The molecular weight excluding hydrogens is 409 g/mol. The Morgan fingerprint density at radius 2 is 1.83 bits per heavy atom. The standard InChI is InChI=1S/C16H16IN3O3/c1-22-14-8-2-11(3-9-14)16(18)20-23-10-15(21)19-13-6-4-12(17)5-7-13/h2-9H,10H2,1H3,(H2,18,20)(H,19,21). The number of ether oxygens (including phenoxy) is 1. The third-order valence-corrected chi connectivity index (χ3v) is 3.59. The molecule has 2 aromatic rings. The molecule has 0 fully saturated rings. The SMILES string of the molecule is COc1ccc(C(N)=NOCC(=O)Nc2ccc(I)cc2)cc1. The van der Waals surface area contributed by atoms with E-state index in [9.17, 15) is 4.79 Å². The van der Waals surface area contributed by atoms with Gasteiger partial charge in [-0.25, -0.2) is 0 Å². The Hall–Kier alpha value is -2.29. The van der Waals surface area contributed by atoms with Gasteiger partial charge in [0.1, 0.15) is 5.75 Å². The van der Waals surface area contributed by atoms with Crippen molar-refractivity contribution in [2.45, 2.75) is 0 Å². The number of carbonyl (C=O) groups is 1. The Kier molecular flexibility index (Phi) is 6.21. The van der Waals surface area contributed by atoms with Crippen LogP contribution < -0.4 is 15.8 Å². The molecule has 0 aliphatic carbocycles. The lowest BCUT2D eigenvalue weighted by Crippen LogP contribution is -2.19. The summed E-state index contributed by atoms with van der Waals surface area (Å²) in [6.45, 7) is -0.219. The van der Waals surface area contributed by atoms with E-state index in [2.05, 4.69) is 33.1 Å². The maximum absolute atomic E-state index is 11.7. The molecule has 7 heteroatoms. The summed E-state index contributed by atoms with van der Waals surface area (Å²) in [5.74, 6) is 0.603. The number of halogens is 1. The van der Waals surface area contributed by atoms with Crippen LogP contribution in [0.5, 0.6) is 5.75 Å². The molecule has 0 aromatic heterocycles. The molecule has 1 amide bonds. The number of nitrogens with zero attached hydrogens (tertiary/aromatic N) is 1. The highest BCUT2D eigenvalue weighted by Crippen LogP contribution is 2.12. The Bertz CT molecular complexity index is 685. The Morgan fingerprint density at radius 1 is 1.17 bits per heavy atom. The Labute approximate surface area is 147 Å². The van der Waals surface area contributed by atoms with Gasteiger partial charge in [0, 0.05) is 14.8 Å². The fraction of sp³-hybridized carbons (Fsp3) is 0.125. The van der Waals surface area contributed by atoms with Gasteiger partial charge >= 0.3 is 0 Å². The summed E-state index contributed by atoms with van der Waals surface area (Å²) >= 11 is 2.19. The van der Waals surface area contributed by atoms with Crippen LogP contribution in [0.15, 0.2) is 53.7 Å². The lowest BCUT2D eigenvalue weighted by molar-refractivity contribution is -0.120. The van der Waals surface area contributed by atoms with E-state index in [-0.39, 0.29) is 18.3 Å². The van der Waals surface area contributed by atoms with E-state index in [1.165, 1.54) is 0 Å². The fourth-order valence-electron chi connectivity index (χ4n) is 1.71. The van der Waals surface area contributed by atoms with Crippen molar-refractivity contribution >= 4 is 40.0 Å². The second-order valence-corrected chi connectivity index (χ2v) is 5.78. The number of amidine groups is 1. The number of nitrogens with one attached hydrogen (secondary N) is 1. The van der Waals surface area contributed by atoms with E-state index in [1.807, 2.05) is 24.3 Å².